The molecule has 0 heterocycles. The van der Waals surface area contributed by atoms with Crippen LogP contribution in [0.4, 0.5) is 0 Å². The predicted octanol–water partition coefficient (Wildman–Crippen LogP) is -0.997. The number of nitrogens with zero attached hydrogens (tertiary/aromatic N) is 1. The normalized spacial score (nSPS) is 7.50. The number of nitrogens with one attached hydrogen (secondary N) is 2. The summed E-state index contributed by atoms with van der Waals surface area (Å²) in [4.78, 5) is 18.8. The van der Waals surface area contributed by atoms with Crippen LogP contribution in [0.5, 0.6) is 0 Å². The van der Waals surface area contributed by atoms with E-state index in [1.807, 2.05) is 0 Å². The summed E-state index contributed by atoms with van der Waals surface area (Å²) in [6, 6.07) is 0. The zero-order chi connectivity index (χ0) is 6.24. The molecule has 0 bridgehead atoms. The smallest absolute Gasteiger partial charge is 0.207 e. The molecule has 0 aliphatic rings. The second kappa shape index (κ2) is 5.87. The number of rotatable bonds is 5. The van der Waals surface area contributed by atoms with Crippen molar-refractivity contribution in [3.63, 3.8) is 0 Å². The molecule has 0 aromatic heterocycles. The maximum absolute atomic E-state index is 9.52. The van der Waals surface area contributed by atoms with Crippen LogP contribution in [-0.4, -0.2) is 19.5 Å². The minimum absolute atomic E-state index is 0.377. The number of amides is 1. The summed E-state index contributed by atoms with van der Waals surface area (Å²) in [5.74, 6) is 0. The van der Waals surface area contributed by atoms with Gasteiger partial charge in [-0.15, -0.1) is 4.91 Å². The molecule has 0 aliphatic carbocycles. The van der Waals surface area contributed by atoms with Crippen molar-refractivity contribution in [2.75, 3.05) is 13.1 Å². The van der Waals surface area contributed by atoms with E-state index in [9.17, 15) is 9.70 Å². The fourth-order valence-electron chi connectivity index (χ4n) is 0.233. The molecule has 1 amide bonds. The number of hydrogen-bond donors (Lipinski definition) is 2. The average molecular weight is 117 g/mol. The van der Waals surface area contributed by atoms with Gasteiger partial charge in [0.1, 0.15) is 0 Å². The third-order valence-corrected chi connectivity index (χ3v) is 0.529. The summed E-state index contributed by atoms with van der Waals surface area (Å²) in [5.41, 5.74) is 2.13. The largest absolute Gasteiger partial charge is 0.357 e. The number of carbonyl (C=O) groups is 1. The molecular weight excluding hydrogens is 110 g/mol. The highest BCUT2D eigenvalue weighted by Crippen LogP contribution is 1.53. The molecule has 2 N–H and O–H groups in total. The molecule has 0 atom stereocenters. The first-order valence-electron chi connectivity index (χ1n) is 2.14. The van der Waals surface area contributed by atoms with E-state index in [0.717, 1.165) is 0 Å². The second-order valence-corrected chi connectivity index (χ2v) is 1.07. The van der Waals surface area contributed by atoms with Gasteiger partial charge in [0.05, 0.1) is 6.54 Å². The maximum atomic E-state index is 9.52. The van der Waals surface area contributed by atoms with E-state index in [0.29, 0.717) is 19.5 Å². The van der Waals surface area contributed by atoms with Crippen LogP contribution in [0.1, 0.15) is 0 Å². The van der Waals surface area contributed by atoms with E-state index >= 15 is 0 Å². The van der Waals surface area contributed by atoms with E-state index in [4.69, 9.17) is 0 Å². The van der Waals surface area contributed by atoms with Gasteiger partial charge in [-0.3, -0.25) is 10.2 Å². The summed E-state index contributed by atoms with van der Waals surface area (Å²) < 4.78 is 0. The van der Waals surface area contributed by atoms with Gasteiger partial charge < -0.3 is 5.32 Å². The molecule has 0 rings (SSSR count). The van der Waals surface area contributed by atoms with Crippen molar-refractivity contribution in [1.82, 2.24) is 10.7 Å². The molecule has 0 unspecified atom stereocenters. The Labute approximate surface area is 46.4 Å². The third kappa shape index (κ3) is 4.87. The highest BCUT2D eigenvalue weighted by molar-refractivity contribution is 5.45. The van der Waals surface area contributed by atoms with Gasteiger partial charge in [-0.25, -0.2) is 0 Å². The molecule has 0 fully saturated rings. The lowest BCUT2D eigenvalue weighted by molar-refractivity contribution is -0.109. The first-order valence-corrected chi connectivity index (χ1v) is 2.14. The molecule has 5 heteroatoms. The molecule has 0 spiro atoms. The molecule has 0 aliphatic heterocycles. The number of hydrogen-bond acceptors (Lipinski definition) is 3. The molecule has 0 saturated heterocycles. The molecule has 0 saturated carbocycles. The van der Waals surface area contributed by atoms with E-state index < -0.39 is 0 Å². The lowest BCUT2D eigenvalue weighted by atomic mass is 10.7. The highest BCUT2D eigenvalue weighted by Gasteiger charge is 1.78. The minimum atomic E-state index is 0.377. The van der Waals surface area contributed by atoms with Crippen LogP contribution >= 0.6 is 0 Å². The molecule has 5 nitrogen and oxygen atoms in total. The van der Waals surface area contributed by atoms with Gasteiger partial charge in [0, 0.05) is 11.8 Å². The first-order chi connectivity index (χ1) is 3.91. The average Bonchev–Trinajstić information content (AvgIpc) is 1.81. The van der Waals surface area contributed by atoms with Crippen molar-refractivity contribution < 1.29 is 4.79 Å². The number of nitroso groups, excluding NO2 is 1. The Balaban J connectivity index is 2.71. The monoisotopic (exact) mass is 117 g/mol. The summed E-state index contributed by atoms with van der Waals surface area (Å²) in [6.07, 6.45) is 0.562. The quantitative estimate of drug-likeness (QED) is 0.210. The van der Waals surface area contributed by atoms with Crippen molar-refractivity contribution in [2.45, 2.75) is 0 Å². The zero-order valence-corrected chi connectivity index (χ0v) is 4.26. The van der Waals surface area contributed by atoms with Crippen LogP contribution < -0.4 is 10.7 Å². The Morgan fingerprint density at radius 3 is 2.75 bits per heavy atom. The van der Waals surface area contributed by atoms with E-state index in [-0.39, 0.29) is 0 Å². The molecule has 46 valence electrons. The SMILES string of the molecule is O=CNCCNN=O. The Morgan fingerprint density at radius 2 is 2.25 bits per heavy atom. The Kier molecular flexibility index (Phi) is 5.04. The lowest BCUT2D eigenvalue weighted by Crippen LogP contribution is -2.22. The van der Waals surface area contributed by atoms with Gasteiger partial charge in [0.15, 0.2) is 0 Å². The Morgan fingerprint density at radius 1 is 1.50 bits per heavy atom. The van der Waals surface area contributed by atoms with Gasteiger partial charge in [0.2, 0.25) is 6.41 Å². The van der Waals surface area contributed by atoms with Gasteiger partial charge in [0.25, 0.3) is 0 Å². The summed E-state index contributed by atoms with van der Waals surface area (Å²) in [6.45, 7) is 0.803. The van der Waals surface area contributed by atoms with Crippen LogP contribution in [0.3, 0.4) is 0 Å². The second-order valence-electron chi connectivity index (χ2n) is 1.07. The Bertz CT molecular complexity index is 64.9. The van der Waals surface area contributed by atoms with Crippen LogP contribution in [0.2, 0.25) is 0 Å². The fraction of sp³-hybridized carbons (Fsp3) is 0.667. The van der Waals surface area contributed by atoms with Gasteiger partial charge in [-0.1, -0.05) is 0 Å². The van der Waals surface area contributed by atoms with Crippen molar-refractivity contribution in [3.05, 3.63) is 4.91 Å². The third-order valence-electron chi connectivity index (χ3n) is 0.529. The van der Waals surface area contributed by atoms with Crippen molar-refractivity contribution in [3.8, 4) is 0 Å². The van der Waals surface area contributed by atoms with Crippen LogP contribution in [0.25, 0.3) is 0 Å². The van der Waals surface area contributed by atoms with Gasteiger partial charge in [-0.05, 0) is 0 Å². The molecule has 8 heavy (non-hydrogen) atoms. The van der Waals surface area contributed by atoms with Gasteiger partial charge in [-0.2, -0.15) is 0 Å². The maximum Gasteiger partial charge on any atom is 0.207 e. The highest BCUT2D eigenvalue weighted by atomic mass is 16.3. The van der Waals surface area contributed by atoms with Crippen molar-refractivity contribution in [2.24, 2.45) is 5.29 Å². The molecule has 0 aromatic carbocycles. The minimum Gasteiger partial charge on any atom is -0.357 e. The van der Waals surface area contributed by atoms with Gasteiger partial charge >= 0.3 is 0 Å². The van der Waals surface area contributed by atoms with Crippen LogP contribution in [0.15, 0.2) is 5.29 Å². The first kappa shape index (κ1) is 6.87. The summed E-state index contributed by atoms with van der Waals surface area (Å²) in [5, 5.41) is 4.69. The Hall–Kier alpha value is -1.13. The van der Waals surface area contributed by atoms with E-state index in [1.165, 1.54) is 0 Å². The van der Waals surface area contributed by atoms with E-state index in [1.54, 1.807) is 0 Å². The summed E-state index contributed by atoms with van der Waals surface area (Å²) in [7, 11) is 0. The predicted molar refractivity (Wildman–Crippen MR) is 27.9 cm³/mol. The standard InChI is InChI=1S/C3H7N3O2/c7-3-4-1-2-5-6-8/h3H,1-2H2,(H,4,7)(H,5,8). The molecule has 0 aromatic rings. The fourth-order valence-corrected chi connectivity index (χ4v) is 0.233. The summed E-state index contributed by atoms with van der Waals surface area (Å²) >= 11 is 0. The number of carbonyl (C=O) groups excluding carboxylic acids is 1. The molecule has 0 radical (unpaired) electrons. The molecular formula is C3H7N3O2. The van der Waals surface area contributed by atoms with Crippen LogP contribution in [0, 0.1) is 4.91 Å². The lowest BCUT2D eigenvalue weighted by Gasteiger charge is -1.92. The van der Waals surface area contributed by atoms with Crippen LogP contribution in [-0.2, 0) is 4.79 Å². The van der Waals surface area contributed by atoms with Crippen molar-refractivity contribution >= 4 is 6.41 Å². The zero-order valence-electron chi connectivity index (χ0n) is 4.26. The van der Waals surface area contributed by atoms with Crippen molar-refractivity contribution in [1.29, 1.82) is 0 Å². The van der Waals surface area contributed by atoms with E-state index in [2.05, 4.69) is 16.0 Å². The topological polar surface area (TPSA) is 70.6 Å².